The molecule has 8 heteroatoms. The molecule has 0 N–H and O–H groups in total. The summed E-state index contributed by atoms with van der Waals surface area (Å²) in [6, 6.07) is 16.0. The first-order valence-corrected chi connectivity index (χ1v) is 11.3. The Labute approximate surface area is 172 Å². The van der Waals surface area contributed by atoms with Crippen LogP contribution in [0.15, 0.2) is 54.6 Å². The lowest BCUT2D eigenvalue weighted by Crippen LogP contribution is -2.52. The third-order valence-electron chi connectivity index (χ3n) is 5.26. The van der Waals surface area contributed by atoms with Crippen LogP contribution < -0.4 is 9.64 Å². The normalized spacial score (nSPS) is 16.0. The Morgan fingerprint density at radius 2 is 1.59 bits per heavy atom. The number of amides is 1. The van der Waals surface area contributed by atoms with Crippen LogP contribution in [0, 0.1) is 0 Å². The predicted molar refractivity (Wildman–Crippen MR) is 114 cm³/mol. The number of ether oxygens (including phenoxy) is 1. The van der Waals surface area contributed by atoms with Gasteiger partial charge in [-0.2, -0.15) is 4.31 Å². The van der Waals surface area contributed by atoms with Gasteiger partial charge in [0.1, 0.15) is 11.8 Å². The van der Waals surface area contributed by atoms with Crippen molar-refractivity contribution >= 4 is 21.6 Å². The van der Waals surface area contributed by atoms with E-state index in [0.29, 0.717) is 31.7 Å². The molecule has 2 aromatic rings. The van der Waals surface area contributed by atoms with Gasteiger partial charge in [0.05, 0.1) is 13.4 Å². The molecular formula is C21H27N3O4S. The maximum atomic E-state index is 13.3. The number of rotatable bonds is 6. The van der Waals surface area contributed by atoms with E-state index >= 15 is 0 Å². The maximum absolute atomic E-state index is 13.3. The number of benzene rings is 2. The van der Waals surface area contributed by atoms with Crippen LogP contribution in [0.5, 0.6) is 5.75 Å². The third-order valence-corrected chi connectivity index (χ3v) is 6.52. The van der Waals surface area contributed by atoms with E-state index in [0.717, 1.165) is 22.0 Å². The van der Waals surface area contributed by atoms with Gasteiger partial charge in [0.25, 0.3) is 0 Å². The highest BCUT2D eigenvalue weighted by Crippen LogP contribution is 2.26. The fourth-order valence-electron chi connectivity index (χ4n) is 3.49. The minimum Gasteiger partial charge on any atom is -0.497 e. The van der Waals surface area contributed by atoms with Gasteiger partial charge in [0.15, 0.2) is 0 Å². The van der Waals surface area contributed by atoms with Crippen LogP contribution in [0.2, 0.25) is 0 Å². The summed E-state index contributed by atoms with van der Waals surface area (Å²) in [5.41, 5.74) is 1.74. The van der Waals surface area contributed by atoms with Gasteiger partial charge in [0, 0.05) is 38.9 Å². The lowest BCUT2D eigenvalue weighted by molar-refractivity contribution is -0.135. The Morgan fingerprint density at radius 1 is 1.00 bits per heavy atom. The lowest BCUT2D eigenvalue weighted by atomic mass is 10.1. The number of hydrogen-bond donors (Lipinski definition) is 0. The zero-order valence-electron chi connectivity index (χ0n) is 17.0. The standard InChI is InChI=1S/C21H27N3O4S/c1-22(29(3,26)27)20(17-7-5-4-6-8-17)21(25)24-15-13-23(14-16-24)18-9-11-19(28-2)12-10-18/h4-12,20H,13-16H2,1-3H3. The van der Waals surface area contributed by atoms with Crippen LogP contribution >= 0.6 is 0 Å². The molecule has 7 nitrogen and oxygen atoms in total. The summed E-state index contributed by atoms with van der Waals surface area (Å²) >= 11 is 0. The molecule has 3 rings (SSSR count). The number of nitrogens with zero attached hydrogens (tertiary/aromatic N) is 3. The number of anilines is 1. The number of carbonyl (C=O) groups excluding carboxylic acids is 1. The van der Waals surface area contributed by atoms with E-state index < -0.39 is 16.1 Å². The zero-order valence-corrected chi connectivity index (χ0v) is 17.8. The summed E-state index contributed by atoms with van der Waals surface area (Å²) < 4.78 is 30.7. The molecule has 1 unspecified atom stereocenters. The van der Waals surface area contributed by atoms with Crippen LogP contribution in [0.25, 0.3) is 0 Å². The molecule has 1 aliphatic rings. The fourth-order valence-corrected chi connectivity index (χ4v) is 4.08. The van der Waals surface area contributed by atoms with E-state index in [1.807, 2.05) is 42.5 Å². The second-order valence-corrected chi connectivity index (χ2v) is 9.14. The summed E-state index contributed by atoms with van der Waals surface area (Å²) in [5.74, 6) is 0.607. The van der Waals surface area contributed by atoms with Gasteiger partial charge in [-0.05, 0) is 29.8 Å². The molecule has 1 fully saturated rings. The molecule has 2 aromatic carbocycles. The van der Waals surface area contributed by atoms with E-state index in [-0.39, 0.29) is 5.91 Å². The monoisotopic (exact) mass is 417 g/mol. The number of sulfonamides is 1. The van der Waals surface area contributed by atoms with E-state index in [2.05, 4.69) is 4.90 Å². The summed E-state index contributed by atoms with van der Waals surface area (Å²) in [4.78, 5) is 17.3. The molecule has 1 atom stereocenters. The first-order chi connectivity index (χ1) is 13.8. The Morgan fingerprint density at radius 3 is 2.10 bits per heavy atom. The van der Waals surface area contributed by atoms with Gasteiger partial charge in [-0.25, -0.2) is 8.42 Å². The Bertz CT molecular complexity index is 924. The quantitative estimate of drug-likeness (QED) is 0.719. The van der Waals surface area contributed by atoms with Gasteiger partial charge >= 0.3 is 0 Å². The molecule has 0 spiro atoms. The summed E-state index contributed by atoms with van der Waals surface area (Å²) in [5, 5.41) is 0. The highest BCUT2D eigenvalue weighted by atomic mass is 32.2. The van der Waals surface area contributed by atoms with Gasteiger partial charge in [-0.15, -0.1) is 0 Å². The highest BCUT2D eigenvalue weighted by molar-refractivity contribution is 7.88. The molecular weight excluding hydrogens is 390 g/mol. The van der Waals surface area contributed by atoms with Crippen LogP contribution in [0.3, 0.4) is 0 Å². The fraction of sp³-hybridized carbons (Fsp3) is 0.381. The SMILES string of the molecule is COc1ccc(N2CCN(C(=O)C(c3ccccc3)N(C)S(C)(=O)=O)CC2)cc1. The predicted octanol–water partition coefficient (Wildman–Crippen LogP) is 1.98. The van der Waals surface area contributed by atoms with Crippen LogP contribution in [-0.2, 0) is 14.8 Å². The Balaban J connectivity index is 1.74. The molecule has 0 radical (unpaired) electrons. The number of methoxy groups -OCH3 is 1. The number of piperazine rings is 1. The summed E-state index contributed by atoms with van der Waals surface area (Å²) in [7, 11) is -0.439. The van der Waals surface area contributed by atoms with Crippen LogP contribution in [-0.4, -0.2) is 70.1 Å². The first kappa shape index (κ1) is 21.1. The lowest BCUT2D eigenvalue weighted by Gasteiger charge is -2.38. The van der Waals surface area contributed by atoms with Crippen molar-refractivity contribution in [3.63, 3.8) is 0 Å². The molecule has 1 saturated heterocycles. The molecule has 0 saturated carbocycles. The number of carbonyl (C=O) groups is 1. The molecule has 0 aliphatic carbocycles. The van der Waals surface area contributed by atoms with Crippen molar-refractivity contribution in [2.45, 2.75) is 6.04 Å². The van der Waals surface area contributed by atoms with Crippen LogP contribution in [0.1, 0.15) is 11.6 Å². The van der Waals surface area contributed by atoms with E-state index in [4.69, 9.17) is 4.74 Å². The van der Waals surface area contributed by atoms with Gasteiger partial charge in [-0.3, -0.25) is 4.79 Å². The second-order valence-electron chi connectivity index (χ2n) is 7.10. The minimum absolute atomic E-state index is 0.196. The molecule has 0 aromatic heterocycles. The smallest absolute Gasteiger partial charge is 0.245 e. The van der Waals surface area contributed by atoms with Crippen molar-refractivity contribution in [2.24, 2.45) is 0 Å². The Hall–Kier alpha value is -2.58. The average molecular weight is 418 g/mol. The summed E-state index contributed by atoms with van der Waals surface area (Å²) in [6.07, 6.45) is 1.12. The van der Waals surface area contributed by atoms with Crippen molar-refractivity contribution < 1.29 is 17.9 Å². The topological polar surface area (TPSA) is 70.2 Å². The third kappa shape index (κ3) is 4.89. The molecule has 1 aliphatic heterocycles. The van der Waals surface area contributed by atoms with Crippen molar-refractivity contribution in [3.05, 3.63) is 60.2 Å². The van der Waals surface area contributed by atoms with Crippen LogP contribution in [0.4, 0.5) is 5.69 Å². The van der Waals surface area contributed by atoms with Crippen molar-refractivity contribution in [1.82, 2.24) is 9.21 Å². The number of hydrogen-bond acceptors (Lipinski definition) is 5. The molecule has 1 heterocycles. The van der Waals surface area contributed by atoms with E-state index in [1.165, 1.54) is 7.05 Å². The average Bonchev–Trinajstić information content (AvgIpc) is 2.74. The molecule has 1 amide bonds. The first-order valence-electron chi connectivity index (χ1n) is 9.47. The molecule has 0 bridgehead atoms. The molecule has 156 valence electrons. The molecule has 29 heavy (non-hydrogen) atoms. The minimum atomic E-state index is -3.53. The van der Waals surface area contributed by atoms with Crippen molar-refractivity contribution in [2.75, 3.05) is 51.5 Å². The van der Waals surface area contributed by atoms with E-state index in [9.17, 15) is 13.2 Å². The van der Waals surface area contributed by atoms with Gasteiger partial charge < -0.3 is 14.5 Å². The highest BCUT2D eigenvalue weighted by Gasteiger charge is 2.35. The zero-order chi connectivity index (χ0) is 21.0. The Kier molecular flexibility index (Phi) is 6.44. The number of likely N-dealkylation sites (N-methyl/N-ethyl adjacent to an activating group) is 1. The maximum Gasteiger partial charge on any atom is 0.245 e. The second kappa shape index (κ2) is 8.84. The van der Waals surface area contributed by atoms with Crippen molar-refractivity contribution in [3.8, 4) is 5.75 Å². The summed E-state index contributed by atoms with van der Waals surface area (Å²) in [6.45, 7) is 2.43. The van der Waals surface area contributed by atoms with Gasteiger partial charge in [0.2, 0.25) is 15.9 Å². The largest absolute Gasteiger partial charge is 0.497 e. The van der Waals surface area contributed by atoms with Gasteiger partial charge in [-0.1, -0.05) is 30.3 Å². The van der Waals surface area contributed by atoms with E-state index in [1.54, 1.807) is 24.1 Å². The van der Waals surface area contributed by atoms with Crippen molar-refractivity contribution in [1.29, 1.82) is 0 Å².